The van der Waals surface area contributed by atoms with Gasteiger partial charge in [0.2, 0.25) is 0 Å². The number of rotatable bonds is 4. The summed E-state index contributed by atoms with van der Waals surface area (Å²) in [6.07, 6.45) is -3.51. The van der Waals surface area contributed by atoms with E-state index < -0.39 is 22.1 Å². The molecular weight excluding hydrogens is 357 g/mol. The molecule has 0 saturated carbocycles. The molecule has 1 N–H and O–H groups in total. The van der Waals surface area contributed by atoms with Gasteiger partial charge >= 0.3 is 6.36 Å². The van der Waals surface area contributed by atoms with Crippen LogP contribution in [0.2, 0.25) is 0 Å². The Hall–Kier alpha value is -2.81. The summed E-state index contributed by atoms with van der Waals surface area (Å²) < 4.78 is 68.7. The predicted molar refractivity (Wildman–Crippen MR) is 85.7 cm³/mol. The highest BCUT2D eigenvalue weighted by Gasteiger charge is 2.32. The molecule has 0 radical (unpaired) electrons. The summed E-state index contributed by atoms with van der Waals surface area (Å²) in [5.41, 5.74) is -0.112. The van der Waals surface area contributed by atoms with E-state index in [1.165, 1.54) is 36.5 Å². The maximum atomic E-state index is 12.6. The fourth-order valence-electron chi connectivity index (χ4n) is 2.26. The zero-order chi connectivity index (χ0) is 18.1. The Morgan fingerprint density at radius 2 is 1.68 bits per heavy atom. The summed E-state index contributed by atoms with van der Waals surface area (Å²) in [5.74, 6) is -0.647. The Morgan fingerprint density at radius 3 is 2.44 bits per heavy atom. The second-order valence-corrected chi connectivity index (χ2v) is 6.63. The molecule has 1 aromatic heterocycles. The molecule has 130 valence electrons. The van der Waals surface area contributed by atoms with Gasteiger partial charge in [-0.15, -0.1) is 13.2 Å². The van der Waals surface area contributed by atoms with Crippen LogP contribution in [0.1, 0.15) is 0 Å². The van der Waals surface area contributed by atoms with Crippen molar-refractivity contribution < 1.29 is 26.3 Å². The number of anilines is 1. The van der Waals surface area contributed by atoms with Crippen molar-refractivity contribution in [1.82, 2.24) is 4.98 Å². The van der Waals surface area contributed by atoms with Crippen LogP contribution in [0.15, 0.2) is 65.7 Å². The van der Waals surface area contributed by atoms with Gasteiger partial charge in [0.05, 0.1) is 11.2 Å². The Balaban J connectivity index is 2.03. The van der Waals surface area contributed by atoms with Gasteiger partial charge in [-0.1, -0.05) is 30.3 Å². The number of hydrogen-bond acceptors (Lipinski definition) is 4. The molecule has 9 heteroatoms. The number of para-hydroxylation sites is 3. The van der Waals surface area contributed by atoms with Gasteiger partial charge in [-0.3, -0.25) is 9.71 Å². The van der Waals surface area contributed by atoms with Gasteiger partial charge in [0.25, 0.3) is 10.0 Å². The van der Waals surface area contributed by atoms with Gasteiger partial charge < -0.3 is 4.74 Å². The van der Waals surface area contributed by atoms with Crippen molar-refractivity contribution in [2.24, 2.45) is 0 Å². The van der Waals surface area contributed by atoms with E-state index in [0.717, 1.165) is 6.07 Å². The molecule has 0 atom stereocenters. The third kappa shape index (κ3) is 3.82. The molecule has 0 amide bonds. The molecule has 1 heterocycles. The number of nitrogens with zero attached hydrogens (tertiary/aromatic N) is 1. The van der Waals surface area contributed by atoms with Crippen LogP contribution in [0.25, 0.3) is 10.9 Å². The lowest BCUT2D eigenvalue weighted by molar-refractivity contribution is -0.274. The minimum Gasteiger partial charge on any atom is -0.404 e. The molecule has 0 fully saturated rings. The first kappa shape index (κ1) is 17.0. The highest BCUT2D eigenvalue weighted by Crippen LogP contribution is 2.32. The van der Waals surface area contributed by atoms with Crippen molar-refractivity contribution in [1.29, 1.82) is 0 Å². The fourth-order valence-corrected chi connectivity index (χ4v) is 3.51. The van der Waals surface area contributed by atoms with Crippen molar-refractivity contribution in [3.05, 3.63) is 60.8 Å². The van der Waals surface area contributed by atoms with Crippen LogP contribution in [0.5, 0.6) is 5.75 Å². The number of aromatic nitrogens is 1. The zero-order valence-corrected chi connectivity index (χ0v) is 13.3. The van der Waals surface area contributed by atoms with E-state index in [-0.39, 0.29) is 16.1 Å². The number of alkyl halides is 3. The predicted octanol–water partition coefficient (Wildman–Crippen LogP) is 3.93. The molecule has 5 nitrogen and oxygen atoms in total. The minimum absolute atomic E-state index is 0.146. The maximum Gasteiger partial charge on any atom is 0.573 e. The average molecular weight is 368 g/mol. The Kier molecular flexibility index (Phi) is 4.25. The first-order valence-corrected chi connectivity index (χ1v) is 8.46. The van der Waals surface area contributed by atoms with E-state index in [1.54, 1.807) is 18.2 Å². The molecule has 25 heavy (non-hydrogen) atoms. The summed E-state index contributed by atoms with van der Waals surface area (Å²) in [4.78, 5) is 3.89. The topological polar surface area (TPSA) is 68.3 Å². The summed E-state index contributed by atoms with van der Waals surface area (Å²) >= 11 is 0. The highest BCUT2D eigenvalue weighted by atomic mass is 32.2. The molecule has 3 rings (SSSR count). The van der Waals surface area contributed by atoms with Gasteiger partial charge in [-0.05, 0) is 24.3 Å². The second-order valence-electron chi connectivity index (χ2n) is 4.98. The van der Waals surface area contributed by atoms with E-state index in [1.807, 2.05) is 0 Å². The molecule has 0 aliphatic rings. The molecule has 0 saturated heterocycles. The summed E-state index contributed by atoms with van der Waals surface area (Å²) in [7, 11) is -4.18. The van der Waals surface area contributed by atoms with Gasteiger partial charge in [-0.25, -0.2) is 8.42 Å². The van der Waals surface area contributed by atoms with Crippen molar-refractivity contribution in [3.8, 4) is 5.75 Å². The van der Waals surface area contributed by atoms with Crippen LogP contribution in [-0.4, -0.2) is 19.8 Å². The van der Waals surface area contributed by atoms with Crippen LogP contribution in [-0.2, 0) is 10.0 Å². The Labute approximate surface area is 141 Å². The van der Waals surface area contributed by atoms with Crippen molar-refractivity contribution in [2.45, 2.75) is 11.3 Å². The largest absolute Gasteiger partial charge is 0.573 e. The lowest BCUT2D eigenvalue weighted by Crippen LogP contribution is -2.20. The second kappa shape index (κ2) is 6.25. The standard InChI is InChI=1S/C16H11F3N2O3S/c17-16(18,19)24-13-8-2-1-7-12(13)21-25(22,23)14-9-3-5-11-6-4-10-20-15(11)14/h1-10,21H. The van der Waals surface area contributed by atoms with E-state index in [2.05, 4.69) is 14.4 Å². The maximum absolute atomic E-state index is 12.6. The number of pyridine rings is 1. The number of benzene rings is 2. The van der Waals surface area contributed by atoms with Gasteiger partial charge in [0.15, 0.2) is 5.75 Å². The Morgan fingerprint density at radius 1 is 0.960 bits per heavy atom. The molecule has 3 aromatic rings. The van der Waals surface area contributed by atoms with Crippen molar-refractivity contribution >= 4 is 26.6 Å². The van der Waals surface area contributed by atoms with E-state index in [0.29, 0.717) is 5.39 Å². The SMILES string of the molecule is O=S(=O)(Nc1ccccc1OC(F)(F)F)c1cccc2cccnc12. The van der Waals surface area contributed by atoms with Gasteiger partial charge in [-0.2, -0.15) is 0 Å². The first-order valence-electron chi connectivity index (χ1n) is 6.98. The van der Waals surface area contributed by atoms with Crippen LogP contribution in [0, 0.1) is 0 Å². The molecular formula is C16H11F3N2O3S. The average Bonchev–Trinajstić information content (AvgIpc) is 2.54. The molecule has 0 spiro atoms. The normalized spacial score (nSPS) is 12.1. The van der Waals surface area contributed by atoms with Crippen LogP contribution in [0.3, 0.4) is 0 Å². The molecule has 0 aliphatic heterocycles. The number of nitrogens with one attached hydrogen (secondary N) is 1. The number of ether oxygens (including phenoxy) is 1. The van der Waals surface area contributed by atoms with Crippen molar-refractivity contribution in [2.75, 3.05) is 4.72 Å². The molecule has 0 unspecified atom stereocenters. The van der Waals surface area contributed by atoms with Crippen LogP contribution >= 0.6 is 0 Å². The summed E-state index contributed by atoms with van der Waals surface area (Å²) in [6, 6.07) is 12.8. The lowest BCUT2D eigenvalue weighted by atomic mass is 10.2. The van der Waals surface area contributed by atoms with Crippen LogP contribution < -0.4 is 9.46 Å². The number of fused-ring (bicyclic) bond motifs is 1. The summed E-state index contributed by atoms with van der Waals surface area (Å²) in [5, 5.41) is 0.588. The quantitative estimate of drug-likeness (QED) is 0.758. The highest BCUT2D eigenvalue weighted by molar-refractivity contribution is 7.93. The van der Waals surface area contributed by atoms with Crippen LogP contribution in [0.4, 0.5) is 18.9 Å². The Bertz CT molecular complexity index is 1020. The first-order chi connectivity index (χ1) is 11.8. The number of sulfonamides is 1. The zero-order valence-electron chi connectivity index (χ0n) is 12.5. The van der Waals surface area contributed by atoms with Crippen molar-refractivity contribution in [3.63, 3.8) is 0 Å². The number of halogens is 3. The lowest BCUT2D eigenvalue weighted by Gasteiger charge is -2.15. The summed E-state index contributed by atoms with van der Waals surface area (Å²) in [6.45, 7) is 0. The van der Waals surface area contributed by atoms with E-state index in [4.69, 9.17) is 0 Å². The monoisotopic (exact) mass is 368 g/mol. The molecule has 0 aliphatic carbocycles. The third-order valence-electron chi connectivity index (χ3n) is 3.24. The third-order valence-corrected chi connectivity index (χ3v) is 4.64. The molecule has 2 aromatic carbocycles. The van der Waals surface area contributed by atoms with Gasteiger partial charge in [0.1, 0.15) is 4.90 Å². The minimum atomic E-state index is -4.94. The number of hydrogen-bond donors (Lipinski definition) is 1. The van der Waals surface area contributed by atoms with E-state index in [9.17, 15) is 21.6 Å². The smallest absolute Gasteiger partial charge is 0.404 e. The molecule has 0 bridgehead atoms. The fraction of sp³-hybridized carbons (Fsp3) is 0.0625. The van der Waals surface area contributed by atoms with Gasteiger partial charge in [0, 0.05) is 11.6 Å². The van der Waals surface area contributed by atoms with E-state index >= 15 is 0 Å².